The van der Waals surface area contributed by atoms with Gasteiger partial charge in [-0.05, 0) is 63.8 Å². The topological polar surface area (TPSA) is 96.2 Å². The molecule has 3 aliphatic rings. The number of sulfonamides is 1. The molecule has 9 nitrogen and oxygen atoms in total. The number of benzene rings is 1. The average Bonchev–Trinajstić information content (AvgIpc) is 3.50. The second-order valence-corrected chi connectivity index (χ2v) is 11.5. The zero-order valence-electron chi connectivity index (χ0n) is 20.4. The van der Waals surface area contributed by atoms with Crippen LogP contribution in [0.4, 0.5) is 5.69 Å². The van der Waals surface area contributed by atoms with Gasteiger partial charge < -0.3 is 14.2 Å². The number of hydrogen-bond acceptors (Lipinski definition) is 6. The Morgan fingerprint density at radius 3 is 2.46 bits per heavy atom. The molecule has 2 aromatic rings. The summed E-state index contributed by atoms with van der Waals surface area (Å²) >= 11 is 0. The lowest BCUT2D eigenvalue weighted by molar-refractivity contribution is -0.122. The first-order valence-electron chi connectivity index (χ1n) is 12.4. The molecule has 0 spiro atoms. The summed E-state index contributed by atoms with van der Waals surface area (Å²) in [7, 11) is -3.63. The number of carbonyl (C=O) groups is 1. The summed E-state index contributed by atoms with van der Waals surface area (Å²) in [6.45, 7) is 7.44. The second-order valence-electron chi connectivity index (χ2n) is 9.53. The van der Waals surface area contributed by atoms with E-state index in [4.69, 9.17) is 4.74 Å². The summed E-state index contributed by atoms with van der Waals surface area (Å²) in [5, 5.41) is 4.17. The van der Waals surface area contributed by atoms with E-state index in [1.807, 2.05) is 26.0 Å². The maximum absolute atomic E-state index is 13.4. The number of anilines is 1. The zero-order chi connectivity index (χ0) is 24.6. The molecule has 2 aliphatic heterocycles. The minimum absolute atomic E-state index is 0.0348. The predicted molar refractivity (Wildman–Crippen MR) is 135 cm³/mol. The van der Waals surface area contributed by atoms with Crippen molar-refractivity contribution < 1.29 is 17.9 Å². The van der Waals surface area contributed by atoms with Gasteiger partial charge in [0.25, 0.3) is 0 Å². The number of amides is 1. The SMILES string of the molecule is Cc1cc(/C=N\NC(=O)C2CC2)c(C)n1-c1cc(S(=O)(=O)N2CCOCC2)ccc1N1CCCC1. The van der Waals surface area contributed by atoms with Crippen molar-refractivity contribution >= 4 is 27.8 Å². The lowest BCUT2D eigenvalue weighted by Crippen LogP contribution is -2.40. The van der Waals surface area contributed by atoms with Gasteiger partial charge in [0.05, 0.1) is 35.7 Å². The number of nitrogens with zero attached hydrogens (tertiary/aromatic N) is 4. The van der Waals surface area contributed by atoms with E-state index in [-0.39, 0.29) is 16.7 Å². The Hall–Kier alpha value is -2.69. The van der Waals surface area contributed by atoms with Crippen LogP contribution >= 0.6 is 0 Å². The smallest absolute Gasteiger partial charge is 0.243 e. The van der Waals surface area contributed by atoms with Crippen molar-refractivity contribution in [3.63, 3.8) is 0 Å². The van der Waals surface area contributed by atoms with Crippen molar-refractivity contribution in [3.05, 3.63) is 41.2 Å². The average molecular weight is 500 g/mol. The van der Waals surface area contributed by atoms with Crippen molar-refractivity contribution in [1.29, 1.82) is 0 Å². The Morgan fingerprint density at radius 1 is 1.06 bits per heavy atom. The second kappa shape index (κ2) is 9.75. The normalized spacial score (nSPS) is 19.5. The summed E-state index contributed by atoms with van der Waals surface area (Å²) in [4.78, 5) is 14.5. The maximum atomic E-state index is 13.4. The summed E-state index contributed by atoms with van der Waals surface area (Å²) in [5.74, 6) is 0.0613. The van der Waals surface area contributed by atoms with Crippen LogP contribution in [-0.4, -0.2) is 68.8 Å². The van der Waals surface area contributed by atoms with E-state index in [9.17, 15) is 13.2 Å². The molecular formula is C25H33N5O4S. The quantitative estimate of drug-likeness (QED) is 0.467. The molecular weight excluding hydrogens is 466 g/mol. The van der Waals surface area contributed by atoms with Crippen LogP contribution in [0.1, 0.15) is 42.6 Å². The van der Waals surface area contributed by atoms with E-state index in [2.05, 4.69) is 20.0 Å². The minimum Gasteiger partial charge on any atom is -0.379 e. The van der Waals surface area contributed by atoms with E-state index in [1.165, 1.54) is 4.31 Å². The highest BCUT2D eigenvalue weighted by Gasteiger charge is 2.30. The summed E-state index contributed by atoms with van der Waals surface area (Å²) in [6.07, 6.45) is 5.77. The number of hydrogen-bond donors (Lipinski definition) is 1. The van der Waals surface area contributed by atoms with Crippen molar-refractivity contribution in [1.82, 2.24) is 14.3 Å². The fourth-order valence-electron chi connectivity index (χ4n) is 4.90. The predicted octanol–water partition coefficient (Wildman–Crippen LogP) is 2.58. The molecule has 10 heteroatoms. The number of ether oxygens (including phenoxy) is 1. The van der Waals surface area contributed by atoms with E-state index in [0.717, 1.165) is 67.1 Å². The molecule has 1 saturated carbocycles. The summed E-state index contributed by atoms with van der Waals surface area (Å²) < 4.78 is 35.8. The van der Waals surface area contributed by atoms with Crippen molar-refractivity contribution in [2.24, 2.45) is 11.0 Å². The molecule has 35 heavy (non-hydrogen) atoms. The van der Waals surface area contributed by atoms with Crippen LogP contribution in [-0.2, 0) is 19.6 Å². The zero-order valence-corrected chi connectivity index (χ0v) is 21.2. The first-order valence-corrected chi connectivity index (χ1v) is 13.8. The Bertz CT molecular complexity index is 1240. The Kier molecular flexibility index (Phi) is 6.69. The molecule has 1 aliphatic carbocycles. The van der Waals surface area contributed by atoms with Crippen LogP contribution in [0.2, 0.25) is 0 Å². The van der Waals surface area contributed by atoms with Crippen LogP contribution in [0.3, 0.4) is 0 Å². The third-order valence-corrected chi connectivity index (χ3v) is 8.93. The van der Waals surface area contributed by atoms with Gasteiger partial charge >= 0.3 is 0 Å². The molecule has 0 radical (unpaired) electrons. The van der Waals surface area contributed by atoms with E-state index < -0.39 is 10.0 Å². The number of carbonyl (C=O) groups excluding carboxylic acids is 1. The molecule has 5 rings (SSSR count). The molecule has 2 saturated heterocycles. The summed E-state index contributed by atoms with van der Waals surface area (Å²) in [6, 6.07) is 7.48. The van der Waals surface area contributed by atoms with Gasteiger partial charge in [-0.1, -0.05) is 0 Å². The van der Waals surface area contributed by atoms with Gasteiger partial charge in [0.15, 0.2) is 0 Å². The van der Waals surface area contributed by atoms with Gasteiger partial charge in [-0.2, -0.15) is 9.41 Å². The number of nitrogens with one attached hydrogen (secondary N) is 1. The molecule has 188 valence electrons. The van der Waals surface area contributed by atoms with E-state index in [0.29, 0.717) is 26.3 Å². The molecule has 0 unspecified atom stereocenters. The standard InChI is InChI=1S/C25H33N5O4S/c1-18-15-21(17-26-27-25(31)20-5-6-20)19(2)30(18)24-16-22(7-8-23(24)28-9-3-4-10-28)35(32,33)29-11-13-34-14-12-29/h7-8,15-17,20H,3-6,9-14H2,1-2H3,(H,27,31)/b26-17-. The monoisotopic (exact) mass is 499 g/mol. The van der Waals surface area contributed by atoms with Crippen molar-refractivity contribution in [2.75, 3.05) is 44.3 Å². The lowest BCUT2D eigenvalue weighted by Gasteiger charge is -2.28. The number of hydrazone groups is 1. The molecule has 1 amide bonds. The van der Waals surface area contributed by atoms with E-state index in [1.54, 1.807) is 18.3 Å². The molecule has 3 heterocycles. The van der Waals surface area contributed by atoms with Crippen LogP contribution in [0.5, 0.6) is 0 Å². The van der Waals surface area contributed by atoms with Crippen LogP contribution < -0.4 is 10.3 Å². The first kappa shape index (κ1) is 24.0. The van der Waals surface area contributed by atoms with Gasteiger partial charge in [-0.25, -0.2) is 13.8 Å². The molecule has 0 atom stereocenters. The van der Waals surface area contributed by atoms with Crippen LogP contribution in [0.25, 0.3) is 5.69 Å². The molecule has 1 aromatic heterocycles. The number of aryl methyl sites for hydroxylation is 1. The van der Waals surface area contributed by atoms with Gasteiger partial charge in [0, 0.05) is 49.0 Å². The van der Waals surface area contributed by atoms with Gasteiger partial charge in [-0.3, -0.25) is 4.79 Å². The highest BCUT2D eigenvalue weighted by atomic mass is 32.2. The van der Waals surface area contributed by atoms with Crippen LogP contribution in [0.15, 0.2) is 34.3 Å². The number of rotatable bonds is 7. The highest BCUT2D eigenvalue weighted by molar-refractivity contribution is 7.89. The lowest BCUT2D eigenvalue weighted by atomic mass is 10.2. The van der Waals surface area contributed by atoms with Gasteiger partial charge in [0.1, 0.15) is 0 Å². The Morgan fingerprint density at radius 2 is 1.77 bits per heavy atom. The third kappa shape index (κ3) is 4.87. The molecule has 1 aromatic carbocycles. The largest absolute Gasteiger partial charge is 0.379 e. The van der Waals surface area contributed by atoms with Crippen LogP contribution in [0, 0.1) is 19.8 Å². The van der Waals surface area contributed by atoms with Crippen molar-refractivity contribution in [3.8, 4) is 5.69 Å². The minimum atomic E-state index is -3.63. The molecule has 1 N–H and O–H groups in total. The van der Waals surface area contributed by atoms with Gasteiger partial charge in [0.2, 0.25) is 15.9 Å². The van der Waals surface area contributed by atoms with Gasteiger partial charge in [-0.15, -0.1) is 0 Å². The molecule has 3 fully saturated rings. The fourth-order valence-corrected chi connectivity index (χ4v) is 6.32. The fraction of sp³-hybridized carbons (Fsp3) is 0.520. The van der Waals surface area contributed by atoms with E-state index >= 15 is 0 Å². The van der Waals surface area contributed by atoms with Crippen molar-refractivity contribution in [2.45, 2.75) is 44.4 Å². The Balaban J connectivity index is 1.53. The Labute approximate surface area is 206 Å². The first-order chi connectivity index (χ1) is 16.9. The highest BCUT2D eigenvalue weighted by Crippen LogP contribution is 2.34. The number of aromatic nitrogens is 1. The molecule has 0 bridgehead atoms. The third-order valence-electron chi connectivity index (χ3n) is 7.04. The summed E-state index contributed by atoms with van der Waals surface area (Å²) in [5.41, 5.74) is 7.29. The maximum Gasteiger partial charge on any atom is 0.243 e. The number of morpholine rings is 1.